The van der Waals surface area contributed by atoms with Crippen LogP contribution in [0.25, 0.3) is 0 Å². The molecule has 0 saturated heterocycles. The van der Waals surface area contributed by atoms with E-state index in [-0.39, 0.29) is 12.0 Å². The maximum atomic E-state index is 6.35. The fourth-order valence-electron chi connectivity index (χ4n) is 4.50. The number of nitrogens with zero attached hydrogens (tertiary/aromatic N) is 6. The van der Waals surface area contributed by atoms with Crippen LogP contribution in [0.4, 0.5) is 5.82 Å². The Balaban J connectivity index is 1.67. The molecule has 1 unspecified atom stereocenters. The predicted octanol–water partition coefficient (Wildman–Crippen LogP) is 5.38. The Hall–Kier alpha value is -2.18. The van der Waals surface area contributed by atoms with Gasteiger partial charge in [0.2, 0.25) is 0 Å². The quantitative estimate of drug-likeness (QED) is 0.577. The number of aromatic nitrogens is 5. The normalized spacial score (nSPS) is 22.3. The van der Waals surface area contributed by atoms with Crippen molar-refractivity contribution in [3.63, 3.8) is 0 Å². The molecule has 1 fully saturated rings. The van der Waals surface area contributed by atoms with Gasteiger partial charge in [-0.2, -0.15) is 10.2 Å². The molecule has 1 saturated carbocycles. The van der Waals surface area contributed by atoms with Crippen molar-refractivity contribution >= 4 is 34.7 Å². The van der Waals surface area contributed by atoms with Crippen LogP contribution in [0, 0.1) is 0 Å². The first-order valence-electron chi connectivity index (χ1n) is 9.56. The highest BCUT2D eigenvalue weighted by atomic mass is 35.5. The molecule has 144 valence electrons. The summed E-state index contributed by atoms with van der Waals surface area (Å²) in [7, 11) is 0. The van der Waals surface area contributed by atoms with Gasteiger partial charge in [-0.15, -0.1) is 0 Å². The Kier molecular flexibility index (Phi) is 4.48. The highest BCUT2D eigenvalue weighted by molar-refractivity contribution is 6.42. The fraction of sp³-hybridized carbons (Fsp3) is 0.400. The summed E-state index contributed by atoms with van der Waals surface area (Å²) < 4.78 is 4.06. The molecule has 2 atom stereocenters. The van der Waals surface area contributed by atoms with E-state index in [0.29, 0.717) is 16.1 Å². The van der Waals surface area contributed by atoms with Crippen LogP contribution in [-0.4, -0.2) is 30.3 Å². The molecule has 8 heteroatoms. The highest BCUT2D eigenvalue weighted by Gasteiger charge is 2.38. The van der Waals surface area contributed by atoms with Crippen LogP contribution in [-0.2, 0) is 0 Å². The second-order valence-electron chi connectivity index (χ2n) is 7.48. The second kappa shape index (κ2) is 7.01. The summed E-state index contributed by atoms with van der Waals surface area (Å²) in [4.78, 5) is 9.48. The van der Waals surface area contributed by atoms with Crippen LogP contribution in [0.3, 0.4) is 0 Å². The first-order valence-corrected chi connectivity index (χ1v) is 10.3. The van der Waals surface area contributed by atoms with Crippen molar-refractivity contribution in [2.75, 3.05) is 0 Å². The molecule has 0 bridgehead atoms. The molecule has 3 heterocycles. The van der Waals surface area contributed by atoms with Gasteiger partial charge in [-0.1, -0.05) is 42.1 Å². The molecule has 6 nitrogen and oxygen atoms in total. The number of halogens is 2. The van der Waals surface area contributed by atoms with Crippen molar-refractivity contribution in [1.82, 2.24) is 24.5 Å². The number of hydrogen-bond donors (Lipinski definition) is 0. The van der Waals surface area contributed by atoms with Gasteiger partial charge >= 0.3 is 0 Å². The van der Waals surface area contributed by atoms with E-state index < -0.39 is 0 Å². The smallest absolute Gasteiger partial charge is 0.150 e. The summed E-state index contributed by atoms with van der Waals surface area (Å²) in [5.74, 6) is 1.69. The Morgan fingerprint density at radius 3 is 2.61 bits per heavy atom. The molecule has 5 rings (SSSR count). The average Bonchev–Trinajstić information content (AvgIpc) is 3.43. The van der Waals surface area contributed by atoms with Gasteiger partial charge in [-0.25, -0.2) is 19.3 Å². The molecule has 0 amide bonds. The van der Waals surface area contributed by atoms with Crippen LogP contribution in [0.2, 0.25) is 10.0 Å². The van der Waals surface area contributed by atoms with Crippen molar-refractivity contribution in [3.05, 3.63) is 58.2 Å². The third kappa shape index (κ3) is 2.86. The van der Waals surface area contributed by atoms with Gasteiger partial charge in [0.25, 0.3) is 0 Å². The molecule has 1 aliphatic carbocycles. The zero-order valence-electron chi connectivity index (χ0n) is 15.5. The van der Waals surface area contributed by atoms with Gasteiger partial charge in [0.15, 0.2) is 5.82 Å². The zero-order valence-corrected chi connectivity index (χ0v) is 17.0. The molecule has 3 aromatic rings. The first-order chi connectivity index (χ1) is 13.6. The summed E-state index contributed by atoms with van der Waals surface area (Å²) in [6.45, 7) is 2.05. The van der Waals surface area contributed by atoms with Crippen LogP contribution in [0.5, 0.6) is 0 Å². The Bertz CT molecular complexity index is 1050. The minimum atomic E-state index is -0.110. The van der Waals surface area contributed by atoms with Gasteiger partial charge < -0.3 is 0 Å². The summed E-state index contributed by atoms with van der Waals surface area (Å²) in [6.07, 6.45) is 8.20. The van der Waals surface area contributed by atoms with E-state index in [2.05, 4.69) is 26.8 Å². The maximum Gasteiger partial charge on any atom is 0.150 e. The number of aliphatic imine (C=N–C) groups is 1. The topological polar surface area (TPSA) is 60.9 Å². The summed E-state index contributed by atoms with van der Waals surface area (Å²) >= 11 is 12.5. The molecule has 1 aliphatic heterocycles. The summed E-state index contributed by atoms with van der Waals surface area (Å²) in [5, 5.41) is 10.2. The lowest BCUT2D eigenvalue weighted by atomic mass is 9.87. The molecule has 0 spiro atoms. The van der Waals surface area contributed by atoms with Crippen molar-refractivity contribution in [2.45, 2.75) is 50.6 Å². The van der Waals surface area contributed by atoms with Crippen LogP contribution < -0.4 is 0 Å². The number of benzene rings is 1. The monoisotopic (exact) mass is 414 g/mol. The molecule has 28 heavy (non-hydrogen) atoms. The lowest BCUT2D eigenvalue weighted by molar-refractivity contribution is 0.408. The molecule has 0 N–H and O–H groups in total. The molecule has 2 aliphatic rings. The molecule has 0 radical (unpaired) electrons. The maximum absolute atomic E-state index is 6.35. The molecular weight excluding hydrogens is 395 g/mol. The molecule has 2 aromatic heterocycles. The molecular formula is C20H20Cl2N6. The average molecular weight is 415 g/mol. The van der Waals surface area contributed by atoms with Gasteiger partial charge in [0.05, 0.1) is 34.2 Å². The zero-order chi connectivity index (χ0) is 19.3. The SMILES string of the molecule is CC1=Nc2ccnn2[C@H](c2ccc(Cl)c(Cl)c2)C1c1ncnn1C1CCCC1. The predicted molar refractivity (Wildman–Crippen MR) is 110 cm³/mol. The summed E-state index contributed by atoms with van der Waals surface area (Å²) in [5.41, 5.74) is 2.02. The van der Waals surface area contributed by atoms with Gasteiger partial charge in [0.1, 0.15) is 12.2 Å². The Morgan fingerprint density at radius 1 is 1.00 bits per heavy atom. The van der Waals surface area contributed by atoms with E-state index in [0.717, 1.165) is 35.8 Å². The van der Waals surface area contributed by atoms with Crippen LogP contribution in [0.1, 0.15) is 62.0 Å². The van der Waals surface area contributed by atoms with Crippen LogP contribution >= 0.6 is 23.2 Å². The van der Waals surface area contributed by atoms with Crippen molar-refractivity contribution in [3.8, 4) is 0 Å². The van der Waals surface area contributed by atoms with Crippen molar-refractivity contribution in [2.24, 2.45) is 4.99 Å². The van der Waals surface area contributed by atoms with E-state index >= 15 is 0 Å². The van der Waals surface area contributed by atoms with E-state index in [9.17, 15) is 0 Å². The van der Waals surface area contributed by atoms with Gasteiger partial charge in [-0.05, 0) is 37.5 Å². The Morgan fingerprint density at radius 2 is 1.82 bits per heavy atom. The van der Waals surface area contributed by atoms with Crippen LogP contribution in [0.15, 0.2) is 41.8 Å². The van der Waals surface area contributed by atoms with Crippen molar-refractivity contribution in [1.29, 1.82) is 0 Å². The fourth-order valence-corrected chi connectivity index (χ4v) is 4.81. The van der Waals surface area contributed by atoms with Gasteiger partial charge in [0, 0.05) is 11.8 Å². The van der Waals surface area contributed by atoms with E-state index in [4.69, 9.17) is 28.2 Å². The number of fused-ring (bicyclic) bond motifs is 1. The highest BCUT2D eigenvalue weighted by Crippen LogP contribution is 2.43. The third-order valence-electron chi connectivity index (χ3n) is 5.80. The van der Waals surface area contributed by atoms with E-state index in [1.165, 1.54) is 12.8 Å². The largest absolute Gasteiger partial charge is 0.246 e. The minimum absolute atomic E-state index is 0.0762. The lowest BCUT2D eigenvalue weighted by Gasteiger charge is -2.32. The number of hydrogen-bond acceptors (Lipinski definition) is 4. The Labute approximate surface area is 173 Å². The molecule has 1 aromatic carbocycles. The lowest BCUT2D eigenvalue weighted by Crippen LogP contribution is -2.31. The number of rotatable bonds is 3. The standard InChI is InChI=1S/C20H20Cl2N6/c1-12-18(20-23-11-25-27(20)14-4-2-3-5-14)19(28-17(26-12)8-9-24-28)13-6-7-15(21)16(22)10-13/h6-11,14,18-19H,2-5H2,1H3/t18?,19-/m1/s1. The first kappa shape index (κ1) is 17.9. The summed E-state index contributed by atoms with van der Waals surface area (Å²) in [6, 6.07) is 7.97. The second-order valence-corrected chi connectivity index (χ2v) is 8.30. The van der Waals surface area contributed by atoms with Crippen molar-refractivity contribution < 1.29 is 0 Å². The third-order valence-corrected chi connectivity index (χ3v) is 6.54. The minimum Gasteiger partial charge on any atom is -0.246 e. The van der Waals surface area contributed by atoms with E-state index in [1.807, 2.05) is 28.9 Å². The van der Waals surface area contributed by atoms with Gasteiger partial charge in [-0.3, -0.25) is 0 Å². The van der Waals surface area contributed by atoms with E-state index in [1.54, 1.807) is 12.5 Å².